The van der Waals surface area contributed by atoms with Crippen molar-refractivity contribution in [2.45, 2.75) is 38.6 Å². The molecule has 13 heteroatoms. The standard InChI is InChI=1S/C28H32FN7O5/c1-17-14-24(41-33-17)36(26(38)28(9-10-28)25(30)37)22-5-4-19(15-21(22)29)40-20-6-11-31-23(16-20)32-27(39)35(3)18-7-12-34(2)13-8-18/h4-6,11,14-16,18H,7-10,12-13H2,1-3H3,(H2,30,37)(H,31,32,39). The number of rotatable bonds is 8. The molecule has 1 aliphatic heterocycles. The number of halogens is 1. The second-order valence-corrected chi connectivity index (χ2v) is 10.6. The van der Waals surface area contributed by atoms with Gasteiger partial charge < -0.3 is 24.8 Å². The Bertz CT molecular complexity index is 1470. The second kappa shape index (κ2) is 11.2. The number of hydrogen-bond donors (Lipinski definition) is 2. The number of benzene rings is 1. The van der Waals surface area contributed by atoms with Crippen LogP contribution in [0.1, 0.15) is 31.4 Å². The van der Waals surface area contributed by atoms with Crippen LogP contribution in [0.25, 0.3) is 0 Å². The van der Waals surface area contributed by atoms with Crippen LogP contribution in [0.3, 0.4) is 0 Å². The van der Waals surface area contributed by atoms with E-state index in [0.29, 0.717) is 11.4 Å². The molecule has 216 valence electrons. The number of piperidine rings is 1. The lowest BCUT2D eigenvalue weighted by Crippen LogP contribution is -2.46. The number of ether oxygens (including phenoxy) is 1. The van der Waals surface area contributed by atoms with Gasteiger partial charge in [-0.1, -0.05) is 5.16 Å². The molecule has 1 saturated carbocycles. The van der Waals surface area contributed by atoms with Crippen LogP contribution in [-0.4, -0.2) is 71.0 Å². The Morgan fingerprint density at radius 3 is 2.46 bits per heavy atom. The lowest BCUT2D eigenvalue weighted by molar-refractivity contribution is -0.133. The number of primary amides is 1. The number of likely N-dealkylation sites (tertiary alicyclic amines) is 1. The molecule has 2 fully saturated rings. The van der Waals surface area contributed by atoms with Crippen molar-refractivity contribution in [3.05, 3.63) is 54.1 Å². The fraction of sp³-hybridized carbons (Fsp3) is 0.393. The van der Waals surface area contributed by atoms with Crippen LogP contribution in [0.5, 0.6) is 11.5 Å². The molecule has 0 spiro atoms. The predicted molar refractivity (Wildman–Crippen MR) is 147 cm³/mol. The summed E-state index contributed by atoms with van der Waals surface area (Å²) in [5.74, 6) is -1.57. The van der Waals surface area contributed by atoms with Crippen molar-refractivity contribution in [2.75, 3.05) is 37.4 Å². The molecule has 0 bridgehead atoms. The molecule has 5 rings (SSSR count). The Morgan fingerprint density at radius 2 is 1.85 bits per heavy atom. The van der Waals surface area contributed by atoms with Crippen molar-refractivity contribution in [1.29, 1.82) is 0 Å². The number of nitrogens with one attached hydrogen (secondary N) is 1. The summed E-state index contributed by atoms with van der Waals surface area (Å²) in [5.41, 5.74) is 4.41. The molecule has 3 heterocycles. The van der Waals surface area contributed by atoms with Gasteiger partial charge in [-0.3, -0.25) is 14.9 Å². The molecule has 0 radical (unpaired) electrons. The summed E-state index contributed by atoms with van der Waals surface area (Å²) in [6, 6.07) is 8.34. The zero-order valence-corrected chi connectivity index (χ0v) is 23.1. The molecule has 2 aliphatic rings. The highest BCUT2D eigenvalue weighted by atomic mass is 19.1. The number of amides is 4. The largest absolute Gasteiger partial charge is 0.457 e. The minimum absolute atomic E-state index is 0.0349. The van der Waals surface area contributed by atoms with E-state index >= 15 is 4.39 Å². The minimum Gasteiger partial charge on any atom is -0.457 e. The van der Waals surface area contributed by atoms with Gasteiger partial charge in [0.25, 0.3) is 0 Å². The van der Waals surface area contributed by atoms with Gasteiger partial charge in [-0.15, -0.1) is 0 Å². The first kappa shape index (κ1) is 28.0. The Balaban J connectivity index is 1.31. The number of anilines is 3. The first-order valence-electron chi connectivity index (χ1n) is 13.3. The van der Waals surface area contributed by atoms with Gasteiger partial charge in [0.05, 0.1) is 11.4 Å². The average Bonchev–Trinajstić information content (AvgIpc) is 3.66. The molecule has 41 heavy (non-hydrogen) atoms. The predicted octanol–water partition coefficient (Wildman–Crippen LogP) is 3.80. The van der Waals surface area contributed by atoms with Crippen molar-refractivity contribution in [3.63, 3.8) is 0 Å². The Morgan fingerprint density at radius 1 is 1.15 bits per heavy atom. The molecule has 1 aromatic carbocycles. The fourth-order valence-electron chi connectivity index (χ4n) is 4.85. The summed E-state index contributed by atoms with van der Waals surface area (Å²) in [6.45, 7) is 3.51. The molecule has 12 nitrogen and oxygen atoms in total. The molecule has 1 saturated heterocycles. The Hall–Kier alpha value is -4.52. The molecule has 0 unspecified atom stereocenters. The van der Waals surface area contributed by atoms with Gasteiger partial charge >= 0.3 is 6.03 Å². The molecule has 4 amide bonds. The van der Waals surface area contributed by atoms with Crippen molar-refractivity contribution in [2.24, 2.45) is 11.1 Å². The van der Waals surface area contributed by atoms with Crippen LogP contribution < -0.4 is 20.7 Å². The molecule has 0 atom stereocenters. The highest BCUT2D eigenvalue weighted by Crippen LogP contribution is 2.49. The van der Waals surface area contributed by atoms with E-state index in [2.05, 4.69) is 27.4 Å². The van der Waals surface area contributed by atoms with E-state index in [1.54, 1.807) is 24.9 Å². The van der Waals surface area contributed by atoms with Crippen molar-refractivity contribution in [1.82, 2.24) is 19.9 Å². The van der Waals surface area contributed by atoms with Gasteiger partial charge in [0, 0.05) is 37.5 Å². The third-order valence-electron chi connectivity index (χ3n) is 7.59. The zero-order chi connectivity index (χ0) is 29.3. The number of carbonyl (C=O) groups excluding carboxylic acids is 3. The lowest BCUT2D eigenvalue weighted by atomic mass is 10.0. The first-order chi connectivity index (χ1) is 19.6. The zero-order valence-electron chi connectivity index (χ0n) is 23.1. The molecule has 3 N–H and O–H groups in total. The normalized spacial score (nSPS) is 16.6. The third kappa shape index (κ3) is 5.85. The Labute approximate surface area is 236 Å². The van der Waals surface area contributed by atoms with E-state index in [4.69, 9.17) is 15.0 Å². The van der Waals surface area contributed by atoms with Gasteiger partial charge in [0.1, 0.15) is 22.7 Å². The number of aryl methyl sites for hydroxylation is 1. The molecule has 2 aromatic heterocycles. The van der Waals surface area contributed by atoms with Gasteiger partial charge in [0.2, 0.25) is 17.7 Å². The van der Waals surface area contributed by atoms with Crippen LogP contribution >= 0.6 is 0 Å². The Kier molecular flexibility index (Phi) is 7.63. The first-order valence-corrected chi connectivity index (χ1v) is 13.3. The van der Waals surface area contributed by atoms with Crippen LogP contribution in [0.2, 0.25) is 0 Å². The van der Waals surface area contributed by atoms with Crippen molar-refractivity contribution in [3.8, 4) is 11.5 Å². The third-order valence-corrected chi connectivity index (χ3v) is 7.59. The molecular formula is C28H32FN7O5. The molecular weight excluding hydrogens is 533 g/mol. The van der Waals surface area contributed by atoms with E-state index < -0.39 is 23.0 Å². The maximum absolute atomic E-state index is 15.5. The summed E-state index contributed by atoms with van der Waals surface area (Å²) in [6.07, 6.45) is 3.78. The molecule has 1 aliphatic carbocycles. The van der Waals surface area contributed by atoms with E-state index in [1.165, 1.54) is 30.5 Å². The highest BCUT2D eigenvalue weighted by Gasteiger charge is 2.58. The second-order valence-electron chi connectivity index (χ2n) is 10.6. The summed E-state index contributed by atoms with van der Waals surface area (Å²) in [7, 11) is 3.82. The van der Waals surface area contributed by atoms with Crippen LogP contribution in [-0.2, 0) is 9.59 Å². The maximum atomic E-state index is 15.5. The van der Waals surface area contributed by atoms with Crippen molar-refractivity contribution >= 4 is 35.2 Å². The van der Waals surface area contributed by atoms with Gasteiger partial charge in [-0.05, 0) is 70.9 Å². The van der Waals surface area contributed by atoms with Crippen LogP contribution in [0, 0.1) is 18.2 Å². The summed E-state index contributed by atoms with van der Waals surface area (Å²) in [5, 5.41) is 6.58. The van der Waals surface area contributed by atoms with Crippen molar-refractivity contribution < 1.29 is 28.0 Å². The highest BCUT2D eigenvalue weighted by molar-refractivity contribution is 6.16. The maximum Gasteiger partial charge on any atom is 0.323 e. The summed E-state index contributed by atoms with van der Waals surface area (Å²) < 4.78 is 26.6. The van der Waals surface area contributed by atoms with Gasteiger partial charge in [-0.2, -0.15) is 0 Å². The van der Waals surface area contributed by atoms with Gasteiger partial charge in [-0.25, -0.2) is 19.1 Å². The van der Waals surface area contributed by atoms with E-state index in [9.17, 15) is 14.4 Å². The van der Waals surface area contributed by atoms with E-state index in [-0.39, 0.29) is 48.1 Å². The number of hydrogen-bond acceptors (Lipinski definition) is 8. The quantitative estimate of drug-likeness (QED) is 0.392. The number of aromatic nitrogens is 2. The number of pyridine rings is 1. The van der Waals surface area contributed by atoms with Gasteiger partial charge in [0.15, 0.2) is 5.82 Å². The summed E-state index contributed by atoms with van der Waals surface area (Å²) in [4.78, 5) is 47.3. The van der Waals surface area contributed by atoms with E-state index in [0.717, 1.165) is 36.9 Å². The van der Waals surface area contributed by atoms with Crippen LogP contribution in [0.4, 0.5) is 26.6 Å². The minimum atomic E-state index is -1.42. The van der Waals surface area contributed by atoms with Crippen LogP contribution in [0.15, 0.2) is 47.1 Å². The smallest absolute Gasteiger partial charge is 0.323 e. The number of urea groups is 1. The molecule has 3 aromatic rings. The average molecular weight is 566 g/mol. The lowest BCUT2D eigenvalue weighted by Gasteiger charge is -2.34. The SMILES string of the molecule is Cc1cc(N(C(=O)C2(C(N)=O)CC2)c2ccc(Oc3ccnc(NC(=O)N(C)C4CCN(C)CC4)c3)cc2F)on1. The fourth-order valence-corrected chi connectivity index (χ4v) is 4.85. The number of nitrogens with two attached hydrogens (primary N) is 1. The summed E-state index contributed by atoms with van der Waals surface area (Å²) >= 11 is 0. The number of nitrogens with zero attached hydrogens (tertiary/aromatic N) is 5. The van der Waals surface area contributed by atoms with E-state index in [1.807, 2.05) is 0 Å². The topological polar surface area (TPSA) is 147 Å². The number of carbonyl (C=O) groups is 3. The monoisotopic (exact) mass is 565 g/mol.